The van der Waals surface area contributed by atoms with E-state index in [1.165, 1.54) is 0 Å². The van der Waals surface area contributed by atoms with Crippen LogP contribution in [0.25, 0.3) is 5.69 Å². The maximum absolute atomic E-state index is 11.4. The molecule has 0 amide bonds. The van der Waals surface area contributed by atoms with E-state index >= 15 is 0 Å². The van der Waals surface area contributed by atoms with Crippen molar-refractivity contribution < 1.29 is 4.92 Å². The van der Waals surface area contributed by atoms with Gasteiger partial charge in [-0.1, -0.05) is 6.92 Å². The molecule has 1 aromatic carbocycles. The minimum Gasteiger partial charge on any atom is -0.369 e. The molecule has 1 saturated heterocycles. The summed E-state index contributed by atoms with van der Waals surface area (Å²) in [4.78, 5) is 15.8. The lowest BCUT2D eigenvalue weighted by atomic mass is 10.2. The zero-order valence-corrected chi connectivity index (χ0v) is 14.4. The van der Waals surface area contributed by atoms with Crippen LogP contribution < -0.4 is 4.90 Å². The van der Waals surface area contributed by atoms with Crippen molar-refractivity contribution in [3.8, 4) is 5.69 Å². The summed E-state index contributed by atoms with van der Waals surface area (Å²) in [5.41, 5.74) is 3.37. The molecule has 7 nitrogen and oxygen atoms in total. The number of benzene rings is 1. The first-order chi connectivity index (χ1) is 11.5. The highest BCUT2D eigenvalue weighted by molar-refractivity contribution is 5.63. The third-order valence-corrected chi connectivity index (χ3v) is 4.58. The summed E-state index contributed by atoms with van der Waals surface area (Å²) < 4.78 is 1.67. The molecule has 0 saturated carbocycles. The van der Waals surface area contributed by atoms with Crippen LogP contribution in [0.2, 0.25) is 0 Å². The summed E-state index contributed by atoms with van der Waals surface area (Å²) in [6.45, 7) is 10.9. The molecular weight excluding hydrogens is 306 g/mol. The van der Waals surface area contributed by atoms with Gasteiger partial charge < -0.3 is 9.80 Å². The largest absolute Gasteiger partial charge is 0.369 e. The fraction of sp³-hybridized carbons (Fsp3) is 0.471. The van der Waals surface area contributed by atoms with E-state index in [4.69, 9.17) is 0 Å². The number of hydrogen-bond donors (Lipinski definition) is 0. The van der Waals surface area contributed by atoms with Crippen LogP contribution in [0.1, 0.15) is 18.3 Å². The highest BCUT2D eigenvalue weighted by atomic mass is 16.6. The lowest BCUT2D eigenvalue weighted by molar-refractivity contribution is -0.384. The number of hydrogen-bond acceptors (Lipinski definition) is 5. The molecule has 2 aromatic rings. The number of likely N-dealkylation sites (N-methyl/N-ethyl adjacent to an activating group) is 1. The molecule has 0 radical (unpaired) electrons. The summed E-state index contributed by atoms with van der Waals surface area (Å²) in [7, 11) is 0. The molecule has 3 rings (SSSR count). The van der Waals surface area contributed by atoms with Crippen molar-refractivity contribution in [2.24, 2.45) is 0 Å². The SMILES string of the molecule is CCN1CCN(c2ccc([N+](=O)[O-])c(-n3nc(C)cc3C)c2)CC1. The van der Waals surface area contributed by atoms with E-state index in [0.29, 0.717) is 5.69 Å². The van der Waals surface area contributed by atoms with E-state index < -0.39 is 0 Å². The van der Waals surface area contributed by atoms with Gasteiger partial charge in [0.1, 0.15) is 5.69 Å². The van der Waals surface area contributed by atoms with Crippen molar-refractivity contribution in [2.75, 3.05) is 37.6 Å². The van der Waals surface area contributed by atoms with Gasteiger partial charge in [0.2, 0.25) is 0 Å². The molecule has 0 N–H and O–H groups in total. The number of nitro groups is 1. The number of rotatable bonds is 4. The lowest BCUT2D eigenvalue weighted by Crippen LogP contribution is -2.46. The smallest absolute Gasteiger partial charge is 0.295 e. The van der Waals surface area contributed by atoms with Crippen LogP contribution in [0.15, 0.2) is 24.3 Å². The molecule has 1 fully saturated rings. The zero-order valence-electron chi connectivity index (χ0n) is 14.4. The second-order valence-electron chi connectivity index (χ2n) is 6.19. The van der Waals surface area contributed by atoms with Crippen molar-refractivity contribution in [3.63, 3.8) is 0 Å². The van der Waals surface area contributed by atoms with Crippen molar-refractivity contribution >= 4 is 11.4 Å². The monoisotopic (exact) mass is 329 g/mol. The minimum atomic E-state index is -0.343. The van der Waals surface area contributed by atoms with Crippen molar-refractivity contribution in [3.05, 3.63) is 45.8 Å². The van der Waals surface area contributed by atoms with Crippen molar-refractivity contribution in [1.29, 1.82) is 0 Å². The van der Waals surface area contributed by atoms with E-state index in [1.807, 2.05) is 32.0 Å². The molecule has 0 unspecified atom stereocenters. The highest BCUT2D eigenvalue weighted by Gasteiger charge is 2.22. The first kappa shape index (κ1) is 16.4. The van der Waals surface area contributed by atoms with Crippen LogP contribution in [-0.4, -0.2) is 52.3 Å². The first-order valence-electron chi connectivity index (χ1n) is 8.29. The van der Waals surface area contributed by atoms with Crippen LogP contribution in [-0.2, 0) is 0 Å². The first-order valence-corrected chi connectivity index (χ1v) is 8.29. The van der Waals surface area contributed by atoms with Crippen LogP contribution in [0.4, 0.5) is 11.4 Å². The van der Waals surface area contributed by atoms with Gasteiger partial charge in [-0.05, 0) is 38.6 Å². The summed E-state index contributed by atoms with van der Waals surface area (Å²) in [5.74, 6) is 0. The van der Waals surface area contributed by atoms with Crippen molar-refractivity contribution in [1.82, 2.24) is 14.7 Å². The molecule has 0 bridgehead atoms. The van der Waals surface area contributed by atoms with Gasteiger partial charge in [-0.25, -0.2) is 4.68 Å². The molecule has 0 aliphatic carbocycles. The van der Waals surface area contributed by atoms with Crippen LogP contribution in [0, 0.1) is 24.0 Å². The zero-order chi connectivity index (χ0) is 17.3. The van der Waals surface area contributed by atoms with Gasteiger partial charge in [-0.2, -0.15) is 5.10 Å². The van der Waals surface area contributed by atoms with Gasteiger partial charge in [0.05, 0.1) is 10.6 Å². The Morgan fingerprint density at radius 3 is 2.42 bits per heavy atom. The van der Waals surface area contributed by atoms with Crippen molar-refractivity contribution in [2.45, 2.75) is 20.8 Å². The van der Waals surface area contributed by atoms with Gasteiger partial charge in [-0.15, -0.1) is 0 Å². The fourth-order valence-corrected chi connectivity index (χ4v) is 3.23. The Morgan fingerprint density at radius 1 is 1.17 bits per heavy atom. The fourth-order valence-electron chi connectivity index (χ4n) is 3.23. The second-order valence-corrected chi connectivity index (χ2v) is 6.19. The third kappa shape index (κ3) is 3.12. The van der Waals surface area contributed by atoms with Crippen LogP contribution in [0.5, 0.6) is 0 Å². The summed E-state index contributed by atoms with van der Waals surface area (Å²) in [5, 5.41) is 15.8. The van der Waals surface area contributed by atoms with E-state index in [1.54, 1.807) is 10.7 Å². The quantitative estimate of drug-likeness (QED) is 0.637. The summed E-state index contributed by atoms with van der Waals surface area (Å²) in [6, 6.07) is 7.25. The van der Waals surface area contributed by atoms with Crippen LogP contribution >= 0.6 is 0 Å². The number of aryl methyl sites for hydroxylation is 2. The molecule has 1 aliphatic rings. The Kier molecular flexibility index (Phi) is 4.53. The molecule has 2 heterocycles. The molecule has 1 aliphatic heterocycles. The summed E-state index contributed by atoms with van der Waals surface area (Å²) in [6.07, 6.45) is 0. The van der Waals surface area contributed by atoms with Crippen LogP contribution in [0.3, 0.4) is 0 Å². The van der Waals surface area contributed by atoms with E-state index in [0.717, 1.165) is 49.8 Å². The minimum absolute atomic E-state index is 0.0807. The molecule has 128 valence electrons. The molecule has 24 heavy (non-hydrogen) atoms. The molecule has 0 atom stereocenters. The molecule has 1 aromatic heterocycles. The van der Waals surface area contributed by atoms with E-state index in [2.05, 4.69) is 21.8 Å². The highest BCUT2D eigenvalue weighted by Crippen LogP contribution is 2.29. The van der Waals surface area contributed by atoms with Gasteiger partial charge in [0, 0.05) is 43.6 Å². The Morgan fingerprint density at radius 2 is 1.88 bits per heavy atom. The Balaban J connectivity index is 1.98. The molecule has 0 spiro atoms. The normalized spacial score (nSPS) is 15.7. The number of nitro benzene ring substituents is 1. The predicted molar refractivity (Wildman–Crippen MR) is 94.0 cm³/mol. The van der Waals surface area contributed by atoms with Gasteiger partial charge in [-0.3, -0.25) is 10.1 Å². The average molecular weight is 329 g/mol. The standard InChI is InChI=1S/C17H23N5O2/c1-4-19-7-9-20(10-8-19)15-5-6-16(22(23)24)17(12-15)21-14(3)11-13(2)18-21/h5-6,11-12H,4,7-10H2,1-3H3. The Labute approximate surface area is 141 Å². The number of anilines is 1. The number of aromatic nitrogens is 2. The summed E-state index contributed by atoms with van der Waals surface area (Å²) >= 11 is 0. The van der Waals surface area contributed by atoms with Gasteiger partial charge in [0.15, 0.2) is 0 Å². The second kappa shape index (κ2) is 6.60. The van der Waals surface area contributed by atoms with E-state index in [9.17, 15) is 10.1 Å². The van der Waals surface area contributed by atoms with Gasteiger partial charge >= 0.3 is 0 Å². The Hall–Kier alpha value is -2.41. The maximum atomic E-state index is 11.4. The topological polar surface area (TPSA) is 67.4 Å². The lowest BCUT2D eigenvalue weighted by Gasteiger charge is -2.35. The third-order valence-electron chi connectivity index (χ3n) is 4.58. The van der Waals surface area contributed by atoms with Gasteiger partial charge in [0.25, 0.3) is 5.69 Å². The maximum Gasteiger partial charge on any atom is 0.295 e. The Bertz CT molecular complexity index is 747. The number of nitrogens with zero attached hydrogens (tertiary/aromatic N) is 5. The molecule has 7 heteroatoms. The molecular formula is C17H23N5O2. The average Bonchev–Trinajstić information content (AvgIpc) is 2.92. The number of piperazine rings is 1. The van der Waals surface area contributed by atoms with E-state index in [-0.39, 0.29) is 10.6 Å². The predicted octanol–water partition coefficient (Wildman–Crippen LogP) is 2.54.